The number of fused-ring (bicyclic) bond motifs is 1. The van der Waals surface area contributed by atoms with Crippen molar-refractivity contribution in [3.05, 3.63) is 75.3 Å². The number of anilines is 2. The second-order valence-corrected chi connectivity index (χ2v) is 9.56. The SMILES string of the molecule is Cc1cc(C)c2oc(-c3cc(NC(=S)NC(=O)c4ccc(N5CCOCC5)c([N+](=O)[O-])c4)ccc3O)nc2c1. The summed E-state index contributed by atoms with van der Waals surface area (Å²) in [6.45, 7) is 5.90. The van der Waals surface area contributed by atoms with Crippen LogP contribution in [0.15, 0.2) is 52.9 Å². The van der Waals surface area contributed by atoms with E-state index in [0.29, 0.717) is 54.3 Å². The minimum Gasteiger partial charge on any atom is -0.507 e. The predicted molar refractivity (Wildman–Crippen MR) is 150 cm³/mol. The zero-order valence-corrected chi connectivity index (χ0v) is 22.0. The van der Waals surface area contributed by atoms with E-state index in [1.54, 1.807) is 18.2 Å². The fraction of sp³-hybridized carbons (Fsp3) is 0.222. The molecule has 0 atom stereocenters. The van der Waals surface area contributed by atoms with Gasteiger partial charge in [0.25, 0.3) is 11.6 Å². The van der Waals surface area contributed by atoms with Crippen molar-refractivity contribution in [2.75, 3.05) is 36.5 Å². The summed E-state index contributed by atoms with van der Waals surface area (Å²) in [6, 6.07) is 12.8. The first-order valence-electron chi connectivity index (χ1n) is 12.1. The monoisotopic (exact) mass is 547 g/mol. The number of aromatic nitrogens is 1. The first kappa shape index (κ1) is 26.1. The van der Waals surface area contributed by atoms with Gasteiger partial charge in [-0.15, -0.1) is 0 Å². The Hall–Kier alpha value is -4.55. The summed E-state index contributed by atoms with van der Waals surface area (Å²) in [5.74, 6) is -0.403. The van der Waals surface area contributed by atoms with E-state index in [0.717, 1.165) is 11.1 Å². The molecule has 1 aliphatic heterocycles. The first-order chi connectivity index (χ1) is 18.7. The van der Waals surface area contributed by atoms with Crippen LogP contribution in [0.5, 0.6) is 5.75 Å². The Balaban J connectivity index is 1.32. The molecule has 200 valence electrons. The number of rotatable bonds is 5. The molecule has 0 saturated carbocycles. The average molecular weight is 548 g/mol. The zero-order chi connectivity index (χ0) is 27.7. The molecule has 0 radical (unpaired) electrons. The van der Waals surface area contributed by atoms with E-state index < -0.39 is 10.8 Å². The Morgan fingerprint density at radius 3 is 2.64 bits per heavy atom. The predicted octanol–water partition coefficient (Wildman–Crippen LogP) is 4.69. The molecule has 5 rings (SSSR count). The van der Waals surface area contributed by atoms with Crippen LogP contribution in [-0.2, 0) is 4.74 Å². The number of thiocarbonyl (C=S) groups is 1. The number of aryl methyl sites for hydroxylation is 2. The highest BCUT2D eigenvalue weighted by Crippen LogP contribution is 2.34. The van der Waals surface area contributed by atoms with Crippen molar-refractivity contribution in [3.8, 4) is 17.2 Å². The number of nitrogens with one attached hydrogen (secondary N) is 2. The van der Waals surface area contributed by atoms with Crippen molar-refractivity contribution in [1.29, 1.82) is 0 Å². The van der Waals surface area contributed by atoms with E-state index in [1.807, 2.05) is 30.9 Å². The van der Waals surface area contributed by atoms with Crippen LogP contribution in [0.25, 0.3) is 22.6 Å². The summed E-state index contributed by atoms with van der Waals surface area (Å²) in [4.78, 5) is 30.4. The van der Waals surface area contributed by atoms with Crippen LogP contribution < -0.4 is 15.5 Å². The number of phenols is 1. The van der Waals surface area contributed by atoms with Crippen molar-refractivity contribution < 1.29 is 24.0 Å². The molecule has 39 heavy (non-hydrogen) atoms. The fourth-order valence-corrected chi connectivity index (χ4v) is 4.71. The smallest absolute Gasteiger partial charge is 0.293 e. The third-order valence-corrected chi connectivity index (χ3v) is 6.52. The second kappa shape index (κ2) is 10.7. The van der Waals surface area contributed by atoms with E-state index >= 15 is 0 Å². The Morgan fingerprint density at radius 2 is 1.90 bits per heavy atom. The molecule has 1 aliphatic rings. The number of amides is 1. The maximum Gasteiger partial charge on any atom is 0.293 e. The number of hydrogen-bond acceptors (Lipinski definition) is 9. The summed E-state index contributed by atoms with van der Waals surface area (Å²) >= 11 is 5.30. The number of nitrogens with zero attached hydrogens (tertiary/aromatic N) is 3. The van der Waals surface area contributed by atoms with Crippen molar-refractivity contribution >= 4 is 51.4 Å². The first-order valence-corrected chi connectivity index (χ1v) is 12.5. The van der Waals surface area contributed by atoms with Gasteiger partial charge in [0.1, 0.15) is 17.0 Å². The van der Waals surface area contributed by atoms with Crippen molar-refractivity contribution in [3.63, 3.8) is 0 Å². The second-order valence-electron chi connectivity index (χ2n) is 9.15. The zero-order valence-electron chi connectivity index (χ0n) is 21.2. The van der Waals surface area contributed by atoms with Crippen molar-refractivity contribution in [2.24, 2.45) is 0 Å². The minimum atomic E-state index is -0.604. The standard InChI is InChI=1S/C27H25N5O6S/c1-15-11-16(2)24-20(12-15)29-26(38-24)19-14-18(4-6-23(19)33)28-27(39)30-25(34)17-3-5-21(22(13-17)32(35)36)31-7-9-37-10-8-31/h3-6,11-14,33H,7-10H2,1-2H3,(H2,28,30,34,39). The van der Waals surface area contributed by atoms with Gasteiger partial charge >= 0.3 is 0 Å². The van der Waals surface area contributed by atoms with Crippen molar-refractivity contribution in [1.82, 2.24) is 10.3 Å². The number of nitro groups is 1. The van der Waals surface area contributed by atoms with E-state index in [9.17, 15) is 20.0 Å². The lowest BCUT2D eigenvalue weighted by molar-refractivity contribution is -0.384. The normalized spacial score (nSPS) is 13.3. The lowest BCUT2D eigenvalue weighted by Gasteiger charge is -2.28. The molecular formula is C27H25N5O6S. The number of ether oxygens (including phenoxy) is 1. The van der Waals surface area contributed by atoms with Gasteiger partial charge in [0.2, 0.25) is 5.89 Å². The Labute approximate surface area is 228 Å². The number of hydrogen-bond donors (Lipinski definition) is 3. The minimum absolute atomic E-state index is 0.0272. The van der Waals surface area contributed by atoms with Gasteiger partial charge in [-0.3, -0.25) is 20.2 Å². The van der Waals surface area contributed by atoms with Gasteiger partial charge in [0.05, 0.1) is 23.7 Å². The molecule has 3 aromatic carbocycles. The van der Waals surface area contributed by atoms with Crippen LogP contribution in [-0.4, -0.2) is 52.3 Å². The molecule has 1 fully saturated rings. The molecule has 1 saturated heterocycles. The number of nitro benzene ring substituents is 1. The van der Waals surface area contributed by atoms with Crippen LogP contribution >= 0.6 is 12.2 Å². The third-order valence-electron chi connectivity index (χ3n) is 6.32. The van der Waals surface area contributed by atoms with Crippen LogP contribution in [0.3, 0.4) is 0 Å². The van der Waals surface area contributed by atoms with Gasteiger partial charge < -0.3 is 24.5 Å². The lowest BCUT2D eigenvalue weighted by Crippen LogP contribution is -2.37. The molecule has 11 nitrogen and oxygen atoms in total. The largest absolute Gasteiger partial charge is 0.507 e. The average Bonchev–Trinajstić information content (AvgIpc) is 3.34. The van der Waals surface area contributed by atoms with E-state index in [2.05, 4.69) is 15.6 Å². The highest BCUT2D eigenvalue weighted by molar-refractivity contribution is 7.80. The number of carbonyl (C=O) groups is 1. The van der Waals surface area contributed by atoms with E-state index in [-0.39, 0.29) is 28.0 Å². The molecule has 4 aromatic rings. The highest BCUT2D eigenvalue weighted by atomic mass is 32.1. The van der Waals surface area contributed by atoms with Gasteiger partial charge in [0.15, 0.2) is 10.7 Å². The molecule has 2 heterocycles. The number of phenolic OH excluding ortho intramolecular Hbond substituents is 1. The lowest BCUT2D eigenvalue weighted by atomic mass is 10.1. The molecule has 1 aromatic heterocycles. The molecule has 0 spiro atoms. The van der Waals surface area contributed by atoms with E-state index in [4.69, 9.17) is 21.4 Å². The third kappa shape index (κ3) is 5.52. The molecular weight excluding hydrogens is 522 g/mol. The molecule has 0 unspecified atom stereocenters. The van der Waals surface area contributed by atoms with E-state index in [1.165, 1.54) is 18.2 Å². The van der Waals surface area contributed by atoms with Gasteiger partial charge in [0, 0.05) is 30.4 Å². The topological polar surface area (TPSA) is 143 Å². The van der Waals surface area contributed by atoms with Gasteiger partial charge in [-0.25, -0.2) is 4.98 Å². The Bertz CT molecular complexity index is 1610. The molecule has 1 amide bonds. The van der Waals surface area contributed by atoms with Crippen LogP contribution in [0.4, 0.5) is 17.1 Å². The maximum atomic E-state index is 12.8. The number of carbonyl (C=O) groups excluding carboxylic acids is 1. The summed E-state index contributed by atoms with van der Waals surface area (Å²) in [6.07, 6.45) is 0. The van der Waals surface area contributed by atoms with Gasteiger partial charge in [-0.2, -0.15) is 0 Å². The van der Waals surface area contributed by atoms with Gasteiger partial charge in [-0.05, 0) is 73.6 Å². The molecule has 0 bridgehead atoms. The van der Waals surface area contributed by atoms with Gasteiger partial charge in [-0.1, -0.05) is 6.07 Å². The Kier molecular flexibility index (Phi) is 7.13. The van der Waals surface area contributed by atoms with Crippen LogP contribution in [0.2, 0.25) is 0 Å². The van der Waals surface area contributed by atoms with Crippen LogP contribution in [0, 0.1) is 24.0 Å². The highest BCUT2D eigenvalue weighted by Gasteiger charge is 2.24. The summed E-state index contributed by atoms with van der Waals surface area (Å²) in [5.41, 5.74) is 4.44. The molecule has 3 N–H and O–H groups in total. The number of aromatic hydroxyl groups is 1. The fourth-order valence-electron chi connectivity index (χ4n) is 4.50. The molecule has 12 heteroatoms. The van der Waals surface area contributed by atoms with Crippen LogP contribution in [0.1, 0.15) is 21.5 Å². The molecule has 0 aliphatic carbocycles. The quantitative estimate of drug-likeness (QED) is 0.139. The summed E-state index contributed by atoms with van der Waals surface area (Å²) in [7, 11) is 0. The summed E-state index contributed by atoms with van der Waals surface area (Å²) < 4.78 is 11.2. The Morgan fingerprint density at radius 1 is 1.13 bits per heavy atom. The summed E-state index contributed by atoms with van der Waals surface area (Å²) in [5, 5.41) is 27.6. The number of oxazole rings is 1. The van der Waals surface area contributed by atoms with Crippen molar-refractivity contribution in [2.45, 2.75) is 13.8 Å². The number of morpholine rings is 1. The maximum absolute atomic E-state index is 12.8. The number of benzene rings is 3.